The van der Waals surface area contributed by atoms with Crippen LogP contribution >= 0.6 is 0 Å². The number of amides is 1. The summed E-state index contributed by atoms with van der Waals surface area (Å²) in [5, 5.41) is 6.08. The molecular formula is C13H28N2O. The Morgan fingerprint density at radius 2 is 1.88 bits per heavy atom. The number of hydrogen-bond acceptors (Lipinski definition) is 2. The van der Waals surface area contributed by atoms with Gasteiger partial charge in [-0.2, -0.15) is 0 Å². The standard InChI is InChI=1S/C13H28N2O/c1-5-6-7-8-9-12(3)15-13(16)11(2)10-14-4/h11-12,14H,5-10H2,1-4H3,(H,15,16). The van der Waals surface area contributed by atoms with Crippen molar-refractivity contribution < 1.29 is 4.79 Å². The molecule has 0 radical (unpaired) electrons. The molecule has 0 spiro atoms. The van der Waals surface area contributed by atoms with E-state index in [1.165, 1.54) is 25.7 Å². The Bertz CT molecular complexity index is 183. The molecule has 0 saturated carbocycles. The highest BCUT2D eigenvalue weighted by Gasteiger charge is 2.13. The Labute approximate surface area is 100 Å². The highest BCUT2D eigenvalue weighted by molar-refractivity contribution is 5.78. The molecule has 0 aliphatic heterocycles. The Morgan fingerprint density at radius 3 is 2.44 bits per heavy atom. The lowest BCUT2D eigenvalue weighted by Crippen LogP contribution is -2.39. The van der Waals surface area contributed by atoms with E-state index < -0.39 is 0 Å². The van der Waals surface area contributed by atoms with E-state index in [-0.39, 0.29) is 11.8 Å². The quantitative estimate of drug-likeness (QED) is 0.595. The van der Waals surface area contributed by atoms with E-state index in [0.29, 0.717) is 6.04 Å². The third-order valence-corrected chi connectivity index (χ3v) is 2.84. The summed E-state index contributed by atoms with van der Waals surface area (Å²) < 4.78 is 0. The number of unbranched alkanes of at least 4 members (excludes halogenated alkanes) is 3. The predicted octanol–water partition coefficient (Wildman–Crippen LogP) is 2.32. The van der Waals surface area contributed by atoms with Gasteiger partial charge in [-0.05, 0) is 20.4 Å². The predicted molar refractivity (Wildman–Crippen MR) is 69.5 cm³/mol. The van der Waals surface area contributed by atoms with Crippen LogP contribution in [-0.4, -0.2) is 25.5 Å². The number of hydrogen-bond donors (Lipinski definition) is 2. The van der Waals surface area contributed by atoms with Gasteiger partial charge in [0.25, 0.3) is 0 Å². The van der Waals surface area contributed by atoms with E-state index in [4.69, 9.17) is 0 Å². The fraction of sp³-hybridized carbons (Fsp3) is 0.923. The van der Waals surface area contributed by atoms with Crippen LogP contribution in [0.1, 0.15) is 52.9 Å². The molecule has 1 amide bonds. The summed E-state index contributed by atoms with van der Waals surface area (Å²) in [4.78, 5) is 11.7. The molecule has 0 heterocycles. The third-order valence-electron chi connectivity index (χ3n) is 2.84. The van der Waals surface area contributed by atoms with Gasteiger partial charge in [0.15, 0.2) is 0 Å². The van der Waals surface area contributed by atoms with Gasteiger partial charge in [0.05, 0.1) is 0 Å². The lowest BCUT2D eigenvalue weighted by Gasteiger charge is -2.17. The molecule has 0 aromatic rings. The SMILES string of the molecule is CCCCCCC(C)NC(=O)C(C)CNC. The fourth-order valence-electron chi connectivity index (χ4n) is 1.73. The first-order valence-electron chi connectivity index (χ1n) is 6.56. The molecule has 0 aromatic carbocycles. The summed E-state index contributed by atoms with van der Waals surface area (Å²) in [5.74, 6) is 0.223. The largest absolute Gasteiger partial charge is 0.353 e. The summed E-state index contributed by atoms with van der Waals surface area (Å²) in [7, 11) is 1.87. The van der Waals surface area contributed by atoms with E-state index in [2.05, 4.69) is 24.5 Å². The van der Waals surface area contributed by atoms with Crippen LogP contribution in [0.25, 0.3) is 0 Å². The Morgan fingerprint density at radius 1 is 1.19 bits per heavy atom. The molecule has 0 bridgehead atoms. The second kappa shape index (κ2) is 9.64. The van der Waals surface area contributed by atoms with Crippen molar-refractivity contribution in [2.45, 2.75) is 58.9 Å². The number of rotatable bonds is 9. The molecule has 2 unspecified atom stereocenters. The number of carbonyl (C=O) groups is 1. The van der Waals surface area contributed by atoms with Crippen LogP contribution in [0, 0.1) is 5.92 Å². The van der Waals surface area contributed by atoms with Crippen LogP contribution in [0.15, 0.2) is 0 Å². The molecule has 3 heteroatoms. The Balaban J connectivity index is 3.61. The molecule has 2 N–H and O–H groups in total. The molecule has 2 atom stereocenters. The van der Waals surface area contributed by atoms with Crippen molar-refractivity contribution >= 4 is 5.91 Å². The van der Waals surface area contributed by atoms with Crippen LogP contribution in [0.3, 0.4) is 0 Å². The van der Waals surface area contributed by atoms with Gasteiger partial charge in [-0.1, -0.05) is 39.5 Å². The Hall–Kier alpha value is -0.570. The fourth-order valence-corrected chi connectivity index (χ4v) is 1.73. The average Bonchev–Trinajstić information content (AvgIpc) is 2.24. The maximum Gasteiger partial charge on any atom is 0.224 e. The molecule has 3 nitrogen and oxygen atoms in total. The molecule has 0 fully saturated rings. The van der Waals surface area contributed by atoms with Gasteiger partial charge in [0.1, 0.15) is 0 Å². The first-order valence-corrected chi connectivity index (χ1v) is 6.56. The first-order chi connectivity index (χ1) is 7.61. The third kappa shape index (κ3) is 7.69. The maximum atomic E-state index is 11.7. The van der Waals surface area contributed by atoms with Crippen LogP contribution in [-0.2, 0) is 4.79 Å². The van der Waals surface area contributed by atoms with Crippen LogP contribution < -0.4 is 10.6 Å². The summed E-state index contributed by atoms with van der Waals surface area (Å²) in [6, 6.07) is 0.309. The van der Waals surface area contributed by atoms with E-state index in [1.807, 2.05) is 14.0 Å². The van der Waals surface area contributed by atoms with Gasteiger partial charge in [0, 0.05) is 18.5 Å². The molecule has 0 aliphatic rings. The van der Waals surface area contributed by atoms with E-state index in [9.17, 15) is 4.79 Å². The summed E-state index contributed by atoms with van der Waals surface area (Å²) in [5.41, 5.74) is 0. The normalized spacial score (nSPS) is 14.5. The van der Waals surface area contributed by atoms with Crippen LogP contribution in [0.4, 0.5) is 0 Å². The van der Waals surface area contributed by atoms with Crippen molar-refractivity contribution in [1.29, 1.82) is 0 Å². The van der Waals surface area contributed by atoms with Gasteiger partial charge in [-0.3, -0.25) is 4.79 Å². The van der Waals surface area contributed by atoms with Crippen molar-refractivity contribution in [3.8, 4) is 0 Å². The minimum absolute atomic E-state index is 0.0584. The summed E-state index contributed by atoms with van der Waals surface area (Å²) >= 11 is 0. The van der Waals surface area contributed by atoms with Gasteiger partial charge in [-0.15, -0.1) is 0 Å². The van der Waals surface area contributed by atoms with Gasteiger partial charge in [0.2, 0.25) is 5.91 Å². The second-order valence-corrected chi connectivity index (χ2v) is 4.72. The highest BCUT2D eigenvalue weighted by Crippen LogP contribution is 2.05. The zero-order valence-electron chi connectivity index (χ0n) is 11.3. The van der Waals surface area contributed by atoms with Crippen molar-refractivity contribution in [3.63, 3.8) is 0 Å². The summed E-state index contributed by atoms with van der Waals surface area (Å²) in [6.45, 7) is 7.00. The molecular weight excluding hydrogens is 200 g/mol. The number of carbonyl (C=O) groups excluding carboxylic acids is 1. The monoisotopic (exact) mass is 228 g/mol. The molecule has 16 heavy (non-hydrogen) atoms. The van der Waals surface area contributed by atoms with Crippen molar-refractivity contribution in [2.24, 2.45) is 5.92 Å². The first kappa shape index (κ1) is 15.4. The van der Waals surface area contributed by atoms with Crippen molar-refractivity contribution in [3.05, 3.63) is 0 Å². The topological polar surface area (TPSA) is 41.1 Å². The lowest BCUT2D eigenvalue weighted by atomic mass is 10.1. The lowest BCUT2D eigenvalue weighted by molar-refractivity contribution is -0.125. The minimum atomic E-state index is 0.0584. The van der Waals surface area contributed by atoms with Gasteiger partial charge >= 0.3 is 0 Å². The van der Waals surface area contributed by atoms with Crippen molar-refractivity contribution in [2.75, 3.05) is 13.6 Å². The van der Waals surface area contributed by atoms with E-state index >= 15 is 0 Å². The van der Waals surface area contributed by atoms with Crippen LogP contribution in [0.2, 0.25) is 0 Å². The molecule has 0 aliphatic carbocycles. The van der Waals surface area contributed by atoms with Gasteiger partial charge in [-0.25, -0.2) is 0 Å². The zero-order chi connectivity index (χ0) is 12.4. The smallest absolute Gasteiger partial charge is 0.224 e. The summed E-state index contributed by atoms with van der Waals surface area (Å²) in [6.07, 6.45) is 6.16. The van der Waals surface area contributed by atoms with E-state index in [0.717, 1.165) is 13.0 Å². The number of nitrogens with one attached hydrogen (secondary N) is 2. The Kier molecular flexibility index (Phi) is 9.30. The zero-order valence-corrected chi connectivity index (χ0v) is 11.3. The van der Waals surface area contributed by atoms with Gasteiger partial charge < -0.3 is 10.6 Å². The van der Waals surface area contributed by atoms with E-state index in [1.54, 1.807) is 0 Å². The minimum Gasteiger partial charge on any atom is -0.353 e. The maximum absolute atomic E-state index is 11.7. The molecule has 0 aromatic heterocycles. The molecule has 0 rings (SSSR count). The molecule has 0 saturated heterocycles. The average molecular weight is 228 g/mol. The highest BCUT2D eigenvalue weighted by atomic mass is 16.1. The van der Waals surface area contributed by atoms with Crippen LogP contribution in [0.5, 0.6) is 0 Å². The second-order valence-electron chi connectivity index (χ2n) is 4.72. The molecule has 96 valence electrons. The van der Waals surface area contributed by atoms with Crippen molar-refractivity contribution in [1.82, 2.24) is 10.6 Å².